The number of hydrogen-bond donors (Lipinski definition) is 0. The van der Waals surface area contributed by atoms with E-state index in [-0.39, 0.29) is 6.09 Å². The lowest BCUT2D eigenvalue weighted by Gasteiger charge is -2.33. The molecule has 3 aromatic carbocycles. The molecule has 0 spiro atoms. The normalized spacial score (nSPS) is 15.2. The Labute approximate surface area is 191 Å². The number of nitrogens with zero attached hydrogens (tertiary/aromatic N) is 1. The number of likely N-dealkylation sites (tertiary alicyclic amines) is 1. The van der Waals surface area contributed by atoms with Crippen LogP contribution in [0.1, 0.15) is 56.2 Å². The minimum atomic E-state index is -0.444. The van der Waals surface area contributed by atoms with Gasteiger partial charge in [-0.1, -0.05) is 60.7 Å². The van der Waals surface area contributed by atoms with Crippen molar-refractivity contribution in [2.45, 2.75) is 58.3 Å². The van der Waals surface area contributed by atoms with Crippen molar-refractivity contribution in [3.63, 3.8) is 0 Å². The highest BCUT2D eigenvalue weighted by atomic mass is 16.6. The van der Waals surface area contributed by atoms with Gasteiger partial charge >= 0.3 is 6.09 Å². The quantitative estimate of drug-likeness (QED) is 0.453. The van der Waals surface area contributed by atoms with Gasteiger partial charge in [0.05, 0.1) is 13.2 Å². The summed E-state index contributed by atoms with van der Waals surface area (Å²) in [5.74, 6) is 0.487. The van der Waals surface area contributed by atoms with Crippen LogP contribution in [0.5, 0.6) is 0 Å². The van der Waals surface area contributed by atoms with E-state index in [2.05, 4.69) is 66.7 Å². The van der Waals surface area contributed by atoms with Gasteiger partial charge in [-0.3, -0.25) is 0 Å². The number of rotatable bonds is 5. The summed E-state index contributed by atoms with van der Waals surface area (Å²) >= 11 is 0. The fraction of sp³-hybridized carbons (Fsp3) is 0.393. The summed E-state index contributed by atoms with van der Waals surface area (Å²) in [5, 5.41) is 2.50. The minimum Gasteiger partial charge on any atom is -0.444 e. The van der Waals surface area contributed by atoms with Crippen molar-refractivity contribution in [1.82, 2.24) is 4.90 Å². The highest BCUT2D eigenvalue weighted by molar-refractivity contribution is 5.82. The molecular weight excluding hydrogens is 398 g/mol. The van der Waals surface area contributed by atoms with Crippen LogP contribution in [-0.4, -0.2) is 29.7 Å². The highest BCUT2D eigenvalue weighted by Crippen LogP contribution is 2.29. The Morgan fingerprint density at radius 2 is 1.50 bits per heavy atom. The Bertz CT molecular complexity index is 1040. The Balaban J connectivity index is 1.25. The third-order valence-electron chi connectivity index (χ3n) is 5.95. The van der Waals surface area contributed by atoms with E-state index >= 15 is 0 Å². The Morgan fingerprint density at radius 3 is 2.19 bits per heavy atom. The van der Waals surface area contributed by atoms with Gasteiger partial charge in [-0.05, 0) is 73.1 Å². The lowest BCUT2D eigenvalue weighted by Crippen LogP contribution is -2.41. The second kappa shape index (κ2) is 9.74. The standard InChI is InChI=1S/C28H33NO3/c1-28(2,3)32-27(30)29-16-14-25(15-17-29)24-11-8-21(9-12-24)19-31-20-22-10-13-23-6-4-5-7-26(23)18-22/h4-13,18,25H,14-17,19-20H2,1-3H3. The van der Waals surface area contributed by atoms with Gasteiger partial charge in [-0.25, -0.2) is 4.79 Å². The first-order chi connectivity index (χ1) is 15.4. The molecule has 0 atom stereocenters. The van der Waals surface area contributed by atoms with Crippen molar-refractivity contribution in [1.29, 1.82) is 0 Å². The maximum absolute atomic E-state index is 12.3. The van der Waals surface area contributed by atoms with Crippen molar-refractivity contribution in [3.05, 3.63) is 83.4 Å². The first kappa shape index (κ1) is 22.3. The molecule has 0 aromatic heterocycles. The summed E-state index contributed by atoms with van der Waals surface area (Å²) in [5.41, 5.74) is 3.27. The van der Waals surface area contributed by atoms with Crippen molar-refractivity contribution in [2.75, 3.05) is 13.1 Å². The van der Waals surface area contributed by atoms with Crippen LogP contribution in [0.2, 0.25) is 0 Å². The molecule has 4 heteroatoms. The lowest BCUT2D eigenvalue weighted by atomic mass is 9.89. The molecule has 4 nitrogen and oxygen atoms in total. The first-order valence-corrected chi connectivity index (χ1v) is 11.5. The average Bonchev–Trinajstić information content (AvgIpc) is 2.78. The molecule has 1 heterocycles. The monoisotopic (exact) mass is 431 g/mol. The summed E-state index contributed by atoms with van der Waals surface area (Å²) in [7, 11) is 0. The largest absolute Gasteiger partial charge is 0.444 e. The predicted octanol–water partition coefficient (Wildman–Crippen LogP) is 6.67. The number of piperidine rings is 1. The number of benzene rings is 3. The van der Waals surface area contributed by atoms with Gasteiger partial charge < -0.3 is 14.4 Å². The smallest absolute Gasteiger partial charge is 0.410 e. The van der Waals surface area contributed by atoms with Crippen LogP contribution in [0.4, 0.5) is 4.79 Å². The van der Waals surface area contributed by atoms with E-state index in [0.29, 0.717) is 19.1 Å². The number of hydrogen-bond acceptors (Lipinski definition) is 3. The van der Waals surface area contributed by atoms with Crippen molar-refractivity contribution >= 4 is 16.9 Å². The maximum Gasteiger partial charge on any atom is 0.410 e. The van der Waals surface area contributed by atoms with Gasteiger partial charge in [0.2, 0.25) is 0 Å². The van der Waals surface area contributed by atoms with E-state index in [1.54, 1.807) is 0 Å². The number of ether oxygens (including phenoxy) is 2. The predicted molar refractivity (Wildman–Crippen MR) is 129 cm³/mol. The van der Waals surface area contributed by atoms with Gasteiger partial charge in [0.25, 0.3) is 0 Å². The van der Waals surface area contributed by atoms with Crippen molar-refractivity contribution in [2.24, 2.45) is 0 Å². The molecule has 3 aromatic rings. The third-order valence-corrected chi connectivity index (χ3v) is 5.95. The number of carbonyl (C=O) groups is 1. The number of amides is 1. The first-order valence-electron chi connectivity index (χ1n) is 11.5. The Kier molecular flexibility index (Phi) is 6.80. The molecule has 1 amide bonds. The van der Waals surface area contributed by atoms with Crippen molar-refractivity contribution in [3.8, 4) is 0 Å². The van der Waals surface area contributed by atoms with Crippen molar-refractivity contribution < 1.29 is 14.3 Å². The van der Waals surface area contributed by atoms with Crippen LogP contribution in [0, 0.1) is 0 Å². The second-order valence-corrected chi connectivity index (χ2v) is 9.66. The molecule has 1 saturated heterocycles. The summed E-state index contributed by atoms with van der Waals surface area (Å²) in [4.78, 5) is 14.1. The molecule has 168 valence electrons. The van der Waals surface area contributed by atoms with Crippen LogP contribution in [0.15, 0.2) is 66.7 Å². The molecule has 4 rings (SSSR count). The summed E-state index contributed by atoms with van der Waals surface area (Å²) < 4.78 is 11.5. The molecule has 1 fully saturated rings. The molecule has 0 saturated carbocycles. The van der Waals surface area contributed by atoms with Crippen LogP contribution in [0.25, 0.3) is 10.8 Å². The molecule has 0 bridgehead atoms. The molecule has 0 unspecified atom stereocenters. The molecule has 1 aliphatic rings. The summed E-state index contributed by atoms with van der Waals surface area (Å²) in [6.07, 6.45) is 1.74. The van der Waals surface area contributed by atoms with Gasteiger partial charge in [0, 0.05) is 13.1 Å². The third kappa shape index (κ3) is 5.89. The van der Waals surface area contributed by atoms with Crippen LogP contribution in [-0.2, 0) is 22.7 Å². The topological polar surface area (TPSA) is 38.8 Å². The fourth-order valence-electron chi connectivity index (χ4n) is 4.22. The number of carbonyl (C=O) groups excluding carboxylic acids is 1. The minimum absolute atomic E-state index is 0.199. The molecule has 32 heavy (non-hydrogen) atoms. The van der Waals surface area contributed by atoms with E-state index < -0.39 is 5.60 Å². The molecule has 0 N–H and O–H groups in total. The zero-order chi connectivity index (χ0) is 22.6. The lowest BCUT2D eigenvalue weighted by molar-refractivity contribution is 0.0205. The van der Waals surface area contributed by atoms with Gasteiger partial charge in [-0.2, -0.15) is 0 Å². The van der Waals surface area contributed by atoms with Crippen LogP contribution >= 0.6 is 0 Å². The zero-order valence-corrected chi connectivity index (χ0v) is 19.3. The molecule has 0 aliphatic carbocycles. The second-order valence-electron chi connectivity index (χ2n) is 9.66. The Hall–Kier alpha value is -2.85. The van der Waals surface area contributed by atoms with Crippen LogP contribution in [0.3, 0.4) is 0 Å². The maximum atomic E-state index is 12.3. The van der Waals surface area contributed by atoms with E-state index in [0.717, 1.165) is 25.9 Å². The SMILES string of the molecule is CC(C)(C)OC(=O)N1CCC(c2ccc(COCc3ccc4ccccc4c3)cc2)CC1. The average molecular weight is 432 g/mol. The van der Waals surface area contributed by atoms with E-state index in [9.17, 15) is 4.79 Å². The fourth-order valence-corrected chi connectivity index (χ4v) is 4.22. The van der Waals surface area contributed by atoms with E-state index in [1.165, 1.54) is 27.5 Å². The molecule has 0 radical (unpaired) electrons. The zero-order valence-electron chi connectivity index (χ0n) is 19.3. The van der Waals surface area contributed by atoms with Gasteiger partial charge in [-0.15, -0.1) is 0 Å². The molecule has 1 aliphatic heterocycles. The Morgan fingerprint density at radius 1 is 0.875 bits per heavy atom. The molecular formula is C28H33NO3. The van der Waals surface area contributed by atoms with E-state index in [4.69, 9.17) is 9.47 Å². The van der Waals surface area contributed by atoms with Gasteiger partial charge in [0.1, 0.15) is 5.60 Å². The number of fused-ring (bicyclic) bond motifs is 1. The summed E-state index contributed by atoms with van der Waals surface area (Å²) in [6.45, 7) is 8.42. The highest BCUT2D eigenvalue weighted by Gasteiger charge is 2.27. The van der Waals surface area contributed by atoms with Gasteiger partial charge in [0.15, 0.2) is 0 Å². The summed E-state index contributed by atoms with van der Waals surface area (Å²) in [6, 6.07) is 23.6. The van der Waals surface area contributed by atoms with E-state index in [1.807, 2.05) is 25.7 Å². The van der Waals surface area contributed by atoms with Crippen LogP contribution < -0.4 is 0 Å².